The lowest BCUT2D eigenvalue weighted by atomic mass is 10.1. The maximum Gasteiger partial charge on any atom is 0.411 e. The molecule has 1 fully saturated rings. The van der Waals surface area contributed by atoms with Crippen molar-refractivity contribution < 1.29 is 28.2 Å². The van der Waals surface area contributed by atoms with Gasteiger partial charge in [0.1, 0.15) is 39.5 Å². The number of thiophene rings is 1. The molecule has 3 aromatic rings. The van der Waals surface area contributed by atoms with E-state index in [9.17, 15) is 14.0 Å². The quantitative estimate of drug-likeness (QED) is 0.185. The Morgan fingerprint density at radius 2 is 2.11 bits per heavy atom. The van der Waals surface area contributed by atoms with E-state index in [0.717, 1.165) is 6.42 Å². The normalized spacial score (nSPS) is 15.9. The van der Waals surface area contributed by atoms with Gasteiger partial charge >= 0.3 is 12.1 Å². The van der Waals surface area contributed by atoms with E-state index in [1.54, 1.807) is 17.9 Å². The number of aromatic nitrogens is 2. The number of nitrogens with one attached hydrogen (secondary N) is 1. The van der Waals surface area contributed by atoms with Crippen LogP contribution >= 0.6 is 33.9 Å². The number of benzene rings is 1. The summed E-state index contributed by atoms with van der Waals surface area (Å²) in [6.45, 7) is 8.35. The van der Waals surface area contributed by atoms with E-state index in [1.807, 2.05) is 20.8 Å². The van der Waals surface area contributed by atoms with Gasteiger partial charge in [-0.2, -0.15) is 0 Å². The van der Waals surface area contributed by atoms with Crippen molar-refractivity contribution in [1.82, 2.24) is 14.9 Å². The Labute approximate surface area is 231 Å². The van der Waals surface area contributed by atoms with Crippen molar-refractivity contribution in [3.63, 3.8) is 0 Å². The highest BCUT2D eigenvalue weighted by Gasteiger charge is 2.30. The molecule has 4 rings (SSSR count). The number of rotatable bonds is 7. The molecule has 1 atom stereocenters. The van der Waals surface area contributed by atoms with Gasteiger partial charge in [-0.15, -0.1) is 11.3 Å². The van der Waals surface area contributed by atoms with Gasteiger partial charge in [-0.05, 0) is 80.8 Å². The number of hydrogen-bond acceptors (Lipinski definition) is 9. The molecule has 0 bridgehead atoms. The van der Waals surface area contributed by atoms with Crippen molar-refractivity contribution in [3.8, 4) is 5.75 Å². The number of nitrogens with zero attached hydrogens (tertiary/aromatic N) is 3. The molecule has 1 N–H and O–H groups in total. The van der Waals surface area contributed by atoms with E-state index in [2.05, 4.69) is 37.9 Å². The summed E-state index contributed by atoms with van der Waals surface area (Å²) in [6, 6.07) is 4.20. The third kappa shape index (κ3) is 6.58. The number of ether oxygens (including phenoxy) is 3. The Hall–Kier alpha value is -2.74. The number of piperidine rings is 1. The summed E-state index contributed by atoms with van der Waals surface area (Å²) in [5.41, 5.74) is 1.20. The Kier molecular flexibility index (Phi) is 8.36. The fourth-order valence-electron chi connectivity index (χ4n) is 4.03. The van der Waals surface area contributed by atoms with Crippen LogP contribution in [0, 0.1) is 12.7 Å². The van der Waals surface area contributed by atoms with Crippen LogP contribution in [0.15, 0.2) is 24.5 Å². The topological polar surface area (TPSA) is 103 Å². The van der Waals surface area contributed by atoms with Crippen LogP contribution in [0.1, 0.15) is 48.8 Å². The number of likely N-dealkylation sites (tertiary alicyclic amines) is 1. The molecule has 0 spiro atoms. The Balaban J connectivity index is 1.58. The van der Waals surface area contributed by atoms with Gasteiger partial charge in [0, 0.05) is 12.6 Å². The van der Waals surface area contributed by atoms with E-state index in [-0.39, 0.29) is 12.7 Å². The molecular formula is C25H28FIN4O5S. The van der Waals surface area contributed by atoms with Crippen molar-refractivity contribution >= 4 is 67.7 Å². The minimum atomic E-state index is -0.627. The van der Waals surface area contributed by atoms with Crippen LogP contribution in [0.2, 0.25) is 0 Å². The smallest absolute Gasteiger partial charge is 0.411 e. The molecule has 0 aliphatic carbocycles. The second-order valence-electron chi connectivity index (χ2n) is 9.00. The average molecular weight is 642 g/mol. The zero-order valence-corrected chi connectivity index (χ0v) is 23.9. The summed E-state index contributed by atoms with van der Waals surface area (Å²) < 4.78 is 30.5. The number of carbonyl (C=O) groups excluding carboxylic acids is 2. The SMILES string of the molecule is CCOC(=O)c1sc2ncnc(Nc3ccc(F)cc3O[C@H]3CCCN(C(=O)OC(C)(C)I)C3)c2c1C. The van der Waals surface area contributed by atoms with Gasteiger partial charge in [0.2, 0.25) is 0 Å². The van der Waals surface area contributed by atoms with Gasteiger partial charge in [-0.25, -0.2) is 23.9 Å². The van der Waals surface area contributed by atoms with E-state index in [4.69, 9.17) is 14.2 Å². The third-order valence-electron chi connectivity index (χ3n) is 5.64. The number of anilines is 2. The highest BCUT2D eigenvalue weighted by Crippen LogP contribution is 2.37. The summed E-state index contributed by atoms with van der Waals surface area (Å²) >= 11 is 3.29. The van der Waals surface area contributed by atoms with Crippen LogP contribution < -0.4 is 10.1 Å². The molecule has 0 radical (unpaired) electrons. The molecule has 198 valence electrons. The van der Waals surface area contributed by atoms with Crippen molar-refractivity contribution in [2.45, 2.75) is 50.2 Å². The first-order chi connectivity index (χ1) is 17.6. The molecule has 1 amide bonds. The summed E-state index contributed by atoms with van der Waals surface area (Å²) in [6.07, 6.45) is 2.09. The highest BCUT2D eigenvalue weighted by molar-refractivity contribution is 14.1. The van der Waals surface area contributed by atoms with Crippen molar-refractivity contribution in [2.75, 3.05) is 25.0 Å². The number of alkyl halides is 1. The van der Waals surface area contributed by atoms with Crippen LogP contribution in [0.3, 0.4) is 0 Å². The number of hydrogen-bond donors (Lipinski definition) is 1. The number of esters is 1. The zero-order chi connectivity index (χ0) is 26.7. The third-order valence-corrected chi connectivity index (χ3v) is 7.04. The summed E-state index contributed by atoms with van der Waals surface area (Å²) in [7, 11) is 0. The second kappa shape index (κ2) is 11.3. The molecule has 37 heavy (non-hydrogen) atoms. The van der Waals surface area contributed by atoms with E-state index >= 15 is 0 Å². The van der Waals surface area contributed by atoms with Crippen LogP contribution in [0.5, 0.6) is 5.75 Å². The molecule has 1 aliphatic heterocycles. The summed E-state index contributed by atoms with van der Waals surface area (Å²) in [4.78, 5) is 36.3. The Morgan fingerprint density at radius 3 is 2.84 bits per heavy atom. The van der Waals surface area contributed by atoms with Gasteiger partial charge in [-0.1, -0.05) is 0 Å². The van der Waals surface area contributed by atoms with Gasteiger partial charge in [0.15, 0.2) is 3.61 Å². The average Bonchev–Trinajstić information content (AvgIpc) is 3.17. The fraction of sp³-hybridized carbons (Fsp3) is 0.440. The first-order valence-corrected chi connectivity index (χ1v) is 13.8. The van der Waals surface area contributed by atoms with Crippen LogP contribution in [-0.2, 0) is 9.47 Å². The molecule has 12 heteroatoms. The van der Waals surface area contributed by atoms with Crippen molar-refractivity contribution in [3.05, 3.63) is 40.8 Å². The Bertz CT molecular complexity index is 1310. The molecule has 0 saturated carbocycles. The molecule has 1 aliphatic rings. The molecular weight excluding hydrogens is 614 g/mol. The minimum Gasteiger partial charge on any atom is -0.486 e. The van der Waals surface area contributed by atoms with E-state index in [0.29, 0.717) is 57.4 Å². The molecule has 0 unspecified atom stereocenters. The number of aryl methyl sites for hydroxylation is 1. The predicted octanol–water partition coefficient (Wildman–Crippen LogP) is 6.21. The lowest BCUT2D eigenvalue weighted by molar-refractivity contribution is 0.0396. The van der Waals surface area contributed by atoms with Crippen LogP contribution in [0.4, 0.5) is 20.7 Å². The van der Waals surface area contributed by atoms with Gasteiger partial charge < -0.3 is 24.4 Å². The monoisotopic (exact) mass is 642 g/mol. The van der Waals surface area contributed by atoms with E-state index in [1.165, 1.54) is 29.8 Å². The fourth-order valence-corrected chi connectivity index (χ4v) is 5.27. The summed E-state index contributed by atoms with van der Waals surface area (Å²) in [5.74, 6) is -0.113. The van der Waals surface area contributed by atoms with Gasteiger partial charge in [-0.3, -0.25) is 0 Å². The summed E-state index contributed by atoms with van der Waals surface area (Å²) in [5, 5.41) is 3.91. The molecule has 1 aromatic carbocycles. The largest absolute Gasteiger partial charge is 0.486 e. The van der Waals surface area contributed by atoms with Crippen LogP contribution in [-0.4, -0.2) is 56.3 Å². The minimum absolute atomic E-state index is 0.270. The number of halogens is 2. The number of amides is 1. The van der Waals surface area contributed by atoms with Crippen molar-refractivity contribution in [1.29, 1.82) is 0 Å². The standard InChI is InChI=1S/C25H28FIN4O5S/c1-5-34-23(32)20-14(2)19-21(28-13-29-22(19)37-20)30-17-9-8-15(26)11-18(17)35-16-7-6-10-31(12-16)24(33)36-25(3,4)27/h8-9,11,13,16H,5-7,10,12H2,1-4H3,(H,28,29,30)/t16-/m0/s1. The van der Waals surface area contributed by atoms with Crippen molar-refractivity contribution in [2.24, 2.45) is 0 Å². The maximum atomic E-state index is 14.2. The van der Waals surface area contributed by atoms with Gasteiger partial charge in [0.25, 0.3) is 0 Å². The van der Waals surface area contributed by atoms with E-state index < -0.39 is 21.5 Å². The lowest BCUT2D eigenvalue weighted by Crippen LogP contribution is -2.46. The highest BCUT2D eigenvalue weighted by atomic mass is 127. The number of carbonyl (C=O) groups is 2. The first kappa shape index (κ1) is 27.3. The lowest BCUT2D eigenvalue weighted by Gasteiger charge is -2.34. The second-order valence-corrected chi connectivity index (χ2v) is 12.6. The number of fused-ring (bicyclic) bond motifs is 1. The first-order valence-electron chi connectivity index (χ1n) is 11.9. The Morgan fingerprint density at radius 1 is 1.32 bits per heavy atom. The van der Waals surface area contributed by atoms with Crippen LogP contribution in [0.25, 0.3) is 10.2 Å². The predicted molar refractivity (Wildman–Crippen MR) is 148 cm³/mol. The maximum absolute atomic E-state index is 14.2. The van der Waals surface area contributed by atoms with Gasteiger partial charge in [0.05, 0.1) is 24.2 Å². The molecule has 1 saturated heterocycles. The molecule has 3 heterocycles. The molecule has 9 nitrogen and oxygen atoms in total. The zero-order valence-electron chi connectivity index (χ0n) is 21.0. The molecule has 2 aromatic heterocycles.